The van der Waals surface area contributed by atoms with Gasteiger partial charge in [0.25, 0.3) is 0 Å². The van der Waals surface area contributed by atoms with Crippen LogP contribution < -0.4 is 0 Å². The van der Waals surface area contributed by atoms with Gasteiger partial charge in [0.2, 0.25) is 0 Å². The highest BCUT2D eigenvalue weighted by Crippen LogP contribution is 2.49. The first-order valence-electron chi connectivity index (χ1n) is 13.2. The molecule has 0 saturated heterocycles. The molecule has 2 nitrogen and oxygen atoms in total. The summed E-state index contributed by atoms with van der Waals surface area (Å²) in [6.07, 6.45) is 2.02. The van der Waals surface area contributed by atoms with Gasteiger partial charge in [0.1, 0.15) is 0 Å². The van der Waals surface area contributed by atoms with Crippen LogP contribution in [0.25, 0.3) is 60.8 Å². The van der Waals surface area contributed by atoms with E-state index in [1.807, 2.05) is 12.3 Å². The first-order valence-corrected chi connectivity index (χ1v) is 13.2. The molecule has 0 spiro atoms. The molecule has 1 aliphatic carbocycles. The number of nitrogens with zero attached hydrogens (tertiary/aromatic N) is 2. The molecule has 0 bridgehead atoms. The van der Waals surface area contributed by atoms with E-state index in [9.17, 15) is 0 Å². The molecule has 0 N–H and O–H groups in total. The summed E-state index contributed by atoms with van der Waals surface area (Å²) in [4.78, 5) is 4.80. The summed E-state index contributed by atoms with van der Waals surface area (Å²) < 4.78 is 2.35. The van der Waals surface area contributed by atoms with Crippen molar-refractivity contribution < 1.29 is 0 Å². The van der Waals surface area contributed by atoms with Crippen LogP contribution in [-0.4, -0.2) is 9.38 Å². The number of benzene rings is 5. The maximum Gasteiger partial charge on any atom is 0.0871 e. The molecule has 0 atom stereocenters. The highest BCUT2D eigenvalue weighted by Gasteiger charge is 2.35. The highest BCUT2D eigenvalue weighted by atomic mass is 14.9. The third-order valence-corrected chi connectivity index (χ3v) is 8.45. The second-order valence-electron chi connectivity index (χ2n) is 10.9. The number of hydrogen-bond acceptors (Lipinski definition) is 1. The molecule has 2 aromatic heterocycles. The van der Waals surface area contributed by atoms with Gasteiger partial charge in [-0.2, -0.15) is 0 Å². The zero-order chi connectivity index (χ0) is 25.4. The predicted octanol–water partition coefficient (Wildman–Crippen LogP) is 9.28. The zero-order valence-electron chi connectivity index (χ0n) is 21.4. The summed E-state index contributed by atoms with van der Waals surface area (Å²) in [5.41, 5.74) is 15.0. The predicted molar refractivity (Wildman–Crippen MR) is 159 cm³/mol. The molecule has 0 amide bonds. The standard InChI is InChI=1S/C36H26N2/c1-36(2)29-11-5-3-9-26(29)28-21-25(19-20-30(28)36)23-15-17-24(18-16-23)35-27-10-4-7-13-32(27)38-33-14-8-6-12-31(33)37-22-34(35)38/h3-22H,1-2H3. The average Bonchev–Trinajstić information content (AvgIpc) is 3.42. The number of fused-ring (bicyclic) bond motifs is 8. The van der Waals surface area contributed by atoms with Crippen LogP contribution in [0.5, 0.6) is 0 Å². The van der Waals surface area contributed by atoms with Crippen molar-refractivity contribution in [1.29, 1.82) is 0 Å². The van der Waals surface area contributed by atoms with Crippen LogP contribution in [0.3, 0.4) is 0 Å². The lowest BCUT2D eigenvalue weighted by atomic mass is 9.82. The fraction of sp³-hybridized carbons (Fsp3) is 0.0833. The first-order chi connectivity index (χ1) is 18.6. The fourth-order valence-electron chi connectivity index (χ4n) is 6.57. The Morgan fingerprint density at radius 3 is 2.08 bits per heavy atom. The minimum absolute atomic E-state index is 0.0318. The van der Waals surface area contributed by atoms with E-state index in [0.29, 0.717) is 0 Å². The van der Waals surface area contributed by atoms with Gasteiger partial charge < -0.3 is 4.40 Å². The van der Waals surface area contributed by atoms with Crippen molar-refractivity contribution in [3.05, 3.63) is 133 Å². The zero-order valence-corrected chi connectivity index (χ0v) is 21.4. The Balaban J connectivity index is 1.28. The Bertz CT molecular complexity index is 2040. The van der Waals surface area contributed by atoms with E-state index in [4.69, 9.17) is 4.98 Å². The van der Waals surface area contributed by atoms with Crippen LogP contribution >= 0.6 is 0 Å². The van der Waals surface area contributed by atoms with Crippen molar-refractivity contribution in [3.63, 3.8) is 0 Å². The molecule has 180 valence electrons. The molecule has 0 fully saturated rings. The Hall–Kier alpha value is -4.69. The van der Waals surface area contributed by atoms with E-state index in [0.717, 1.165) is 16.6 Å². The molecule has 8 rings (SSSR count). The molecule has 0 aliphatic heterocycles. The number of para-hydroxylation sites is 3. The van der Waals surface area contributed by atoms with Gasteiger partial charge in [0.15, 0.2) is 0 Å². The maximum absolute atomic E-state index is 4.80. The van der Waals surface area contributed by atoms with Gasteiger partial charge in [-0.3, -0.25) is 4.98 Å². The summed E-state index contributed by atoms with van der Waals surface area (Å²) in [5.74, 6) is 0. The molecule has 2 heterocycles. The van der Waals surface area contributed by atoms with E-state index >= 15 is 0 Å². The Morgan fingerprint density at radius 1 is 0.553 bits per heavy atom. The van der Waals surface area contributed by atoms with Crippen molar-refractivity contribution in [3.8, 4) is 33.4 Å². The van der Waals surface area contributed by atoms with Crippen molar-refractivity contribution in [2.24, 2.45) is 0 Å². The normalized spacial score (nSPS) is 13.7. The molecule has 5 aromatic carbocycles. The van der Waals surface area contributed by atoms with Crippen LogP contribution in [0.4, 0.5) is 0 Å². The molecular weight excluding hydrogens is 460 g/mol. The second-order valence-corrected chi connectivity index (χ2v) is 10.9. The Morgan fingerprint density at radius 2 is 1.21 bits per heavy atom. The topological polar surface area (TPSA) is 17.3 Å². The van der Waals surface area contributed by atoms with Gasteiger partial charge in [0.05, 0.1) is 28.3 Å². The number of hydrogen-bond donors (Lipinski definition) is 0. The molecule has 2 heteroatoms. The quantitative estimate of drug-likeness (QED) is 0.238. The van der Waals surface area contributed by atoms with E-state index in [1.165, 1.54) is 55.4 Å². The van der Waals surface area contributed by atoms with E-state index in [-0.39, 0.29) is 5.41 Å². The first kappa shape index (κ1) is 21.4. The number of rotatable bonds is 2. The van der Waals surface area contributed by atoms with Gasteiger partial charge in [-0.1, -0.05) is 105 Å². The minimum atomic E-state index is 0.0318. The van der Waals surface area contributed by atoms with E-state index in [1.54, 1.807) is 0 Å². The molecule has 7 aromatic rings. The minimum Gasteiger partial charge on any atom is -0.306 e. The van der Waals surface area contributed by atoms with E-state index < -0.39 is 0 Å². The molecular formula is C36H26N2. The summed E-state index contributed by atoms with van der Waals surface area (Å²) in [7, 11) is 0. The van der Waals surface area contributed by atoms with Crippen molar-refractivity contribution in [2.75, 3.05) is 0 Å². The maximum atomic E-state index is 4.80. The third-order valence-electron chi connectivity index (χ3n) is 8.45. The van der Waals surface area contributed by atoms with Gasteiger partial charge in [0, 0.05) is 16.4 Å². The fourth-order valence-corrected chi connectivity index (χ4v) is 6.57. The Kier molecular flexibility index (Phi) is 4.31. The van der Waals surface area contributed by atoms with Gasteiger partial charge in [-0.25, -0.2) is 0 Å². The average molecular weight is 487 g/mol. The molecule has 0 saturated carbocycles. The van der Waals surface area contributed by atoms with Gasteiger partial charge >= 0.3 is 0 Å². The van der Waals surface area contributed by atoms with Crippen LogP contribution in [0.1, 0.15) is 25.0 Å². The Labute approximate surface area is 221 Å². The summed E-state index contributed by atoms with van der Waals surface area (Å²) in [5, 5.41) is 1.25. The molecule has 38 heavy (non-hydrogen) atoms. The smallest absolute Gasteiger partial charge is 0.0871 e. The summed E-state index contributed by atoms with van der Waals surface area (Å²) in [6.45, 7) is 4.66. The lowest BCUT2D eigenvalue weighted by molar-refractivity contribution is 0.660. The van der Waals surface area contributed by atoms with Crippen molar-refractivity contribution in [1.82, 2.24) is 9.38 Å². The van der Waals surface area contributed by atoms with Crippen LogP contribution in [0.2, 0.25) is 0 Å². The van der Waals surface area contributed by atoms with E-state index in [2.05, 4.69) is 127 Å². The summed E-state index contributed by atoms with van der Waals surface area (Å²) in [6, 6.07) is 41.9. The molecule has 0 unspecified atom stereocenters. The molecule has 1 aliphatic rings. The lowest BCUT2D eigenvalue weighted by Gasteiger charge is -2.21. The van der Waals surface area contributed by atoms with Crippen molar-refractivity contribution in [2.45, 2.75) is 19.3 Å². The molecule has 0 radical (unpaired) electrons. The van der Waals surface area contributed by atoms with Crippen LogP contribution in [0, 0.1) is 0 Å². The largest absolute Gasteiger partial charge is 0.306 e. The monoisotopic (exact) mass is 486 g/mol. The van der Waals surface area contributed by atoms with Crippen LogP contribution in [-0.2, 0) is 5.41 Å². The lowest BCUT2D eigenvalue weighted by Crippen LogP contribution is -2.14. The summed E-state index contributed by atoms with van der Waals surface area (Å²) >= 11 is 0. The van der Waals surface area contributed by atoms with Crippen molar-refractivity contribution >= 4 is 27.5 Å². The highest BCUT2D eigenvalue weighted by molar-refractivity contribution is 6.08. The van der Waals surface area contributed by atoms with Gasteiger partial charge in [-0.15, -0.1) is 0 Å². The number of aromatic nitrogens is 2. The van der Waals surface area contributed by atoms with Gasteiger partial charge in [-0.05, 0) is 63.2 Å². The van der Waals surface area contributed by atoms with Crippen LogP contribution in [0.15, 0.2) is 121 Å². The third kappa shape index (κ3) is 2.86. The SMILES string of the molecule is CC1(C)c2ccccc2-c2cc(-c3ccc(-c4c5ccccc5n5c4cnc4ccccc45)cc3)ccc21. The second kappa shape index (κ2) is 7.66.